The van der Waals surface area contributed by atoms with Crippen molar-refractivity contribution in [1.29, 1.82) is 0 Å². The van der Waals surface area contributed by atoms with E-state index >= 15 is 0 Å². The zero-order valence-corrected chi connectivity index (χ0v) is 15.7. The molecule has 0 saturated heterocycles. The Labute approximate surface area is 167 Å². The fraction of sp³-hybridized carbons (Fsp3) is 0.0909. The van der Waals surface area contributed by atoms with E-state index in [-0.39, 0.29) is 0 Å². The van der Waals surface area contributed by atoms with Gasteiger partial charge in [-0.2, -0.15) is 0 Å². The van der Waals surface area contributed by atoms with Crippen LogP contribution in [-0.4, -0.2) is 23.9 Å². The van der Waals surface area contributed by atoms with E-state index in [0.717, 1.165) is 28.0 Å². The first-order valence-corrected chi connectivity index (χ1v) is 8.93. The topological polar surface area (TPSA) is 68.1 Å². The fourth-order valence-electron chi connectivity index (χ4n) is 2.50. The SMILES string of the molecule is O=C(O)CO/N=C/c1cccc(-c2cccc(OCc3ccc(Cl)cc3)c2)c1. The maximum Gasteiger partial charge on any atom is 0.344 e. The Morgan fingerprint density at radius 3 is 2.46 bits per heavy atom. The minimum atomic E-state index is -1.07. The number of ether oxygens (including phenoxy) is 1. The van der Waals surface area contributed by atoms with Gasteiger partial charge in [0.25, 0.3) is 0 Å². The second-order valence-electron chi connectivity index (χ2n) is 5.97. The van der Waals surface area contributed by atoms with Crippen LogP contribution < -0.4 is 4.74 Å². The molecular weight excluding hydrogens is 378 g/mol. The Balaban J connectivity index is 1.68. The third-order valence-corrected chi connectivity index (χ3v) is 4.09. The van der Waals surface area contributed by atoms with Gasteiger partial charge in [-0.1, -0.05) is 59.2 Å². The second kappa shape index (κ2) is 9.58. The van der Waals surface area contributed by atoms with E-state index in [2.05, 4.69) is 9.99 Å². The molecule has 0 aliphatic carbocycles. The van der Waals surface area contributed by atoms with Crippen LogP contribution in [0.1, 0.15) is 11.1 Å². The van der Waals surface area contributed by atoms with Gasteiger partial charge < -0.3 is 14.7 Å². The highest BCUT2D eigenvalue weighted by Gasteiger charge is 2.02. The van der Waals surface area contributed by atoms with E-state index in [1.165, 1.54) is 6.21 Å². The molecule has 1 N–H and O–H groups in total. The minimum absolute atomic E-state index is 0.453. The maximum atomic E-state index is 10.4. The normalized spacial score (nSPS) is 10.8. The van der Waals surface area contributed by atoms with Gasteiger partial charge in [0.1, 0.15) is 12.4 Å². The largest absolute Gasteiger partial charge is 0.489 e. The molecule has 3 aromatic rings. The molecule has 6 heteroatoms. The zero-order chi connectivity index (χ0) is 19.8. The van der Waals surface area contributed by atoms with Gasteiger partial charge in [-0.25, -0.2) is 4.79 Å². The van der Waals surface area contributed by atoms with E-state index in [4.69, 9.17) is 21.4 Å². The summed E-state index contributed by atoms with van der Waals surface area (Å²) in [6, 6.07) is 23.0. The lowest BCUT2D eigenvalue weighted by molar-refractivity contribution is -0.142. The van der Waals surface area contributed by atoms with Crippen LogP contribution in [0.25, 0.3) is 11.1 Å². The summed E-state index contributed by atoms with van der Waals surface area (Å²) in [5.41, 5.74) is 3.82. The van der Waals surface area contributed by atoms with E-state index < -0.39 is 12.6 Å². The van der Waals surface area contributed by atoms with Gasteiger partial charge >= 0.3 is 5.97 Å². The van der Waals surface area contributed by atoms with Crippen LogP contribution in [0.15, 0.2) is 78.0 Å². The summed E-state index contributed by atoms with van der Waals surface area (Å²) in [5.74, 6) is -0.308. The first kappa shape index (κ1) is 19.5. The van der Waals surface area contributed by atoms with Crippen LogP contribution in [0.4, 0.5) is 0 Å². The molecule has 0 heterocycles. The molecular formula is C22H18ClNO4. The van der Waals surface area contributed by atoms with Crippen molar-refractivity contribution in [3.63, 3.8) is 0 Å². The molecule has 0 aromatic heterocycles. The number of halogens is 1. The quantitative estimate of drug-likeness (QED) is 0.429. The molecule has 0 bridgehead atoms. The molecule has 0 aliphatic rings. The lowest BCUT2D eigenvalue weighted by atomic mass is 10.0. The van der Waals surface area contributed by atoms with Gasteiger partial charge in [-0.15, -0.1) is 0 Å². The van der Waals surface area contributed by atoms with E-state index in [1.807, 2.05) is 72.8 Å². The number of rotatable bonds is 8. The lowest BCUT2D eigenvalue weighted by Gasteiger charge is -2.09. The Morgan fingerprint density at radius 2 is 1.71 bits per heavy atom. The fourth-order valence-corrected chi connectivity index (χ4v) is 2.63. The van der Waals surface area contributed by atoms with Crippen LogP contribution in [0.3, 0.4) is 0 Å². The molecule has 0 unspecified atom stereocenters. The van der Waals surface area contributed by atoms with Crippen molar-refractivity contribution in [2.45, 2.75) is 6.61 Å². The van der Waals surface area contributed by atoms with Crippen LogP contribution in [0.5, 0.6) is 5.75 Å². The lowest BCUT2D eigenvalue weighted by Crippen LogP contribution is -2.03. The number of carboxylic acid groups (broad SMARTS) is 1. The zero-order valence-electron chi connectivity index (χ0n) is 14.9. The maximum absolute atomic E-state index is 10.4. The molecule has 5 nitrogen and oxygen atoms in total. The predicted octanol–water partition coefficient (Wildman–Crippen LogP) is 5.02. The molecule has 0 radical (unpaired) electrons. The average Bonchev–Trinajstić information content (AvgIpc) is 2.71. The highest BCUT2D eigenvalue weighted by Crippen LogP contribution is 2.25. The van der Waals surface area contributed by atoms with E-state index in [9.17, 15) is 4.79 Å². The summed E-state index contributed by atoms with van der Waals surface area (Å²) in [5, 5.41) is 12.9. The van der Waals surface area contributed by atoms with Gasteiger partial charge in [-0.3, -0.25) is 0 Å². The first-order valence-electron chi connectivity index (χ1n) is 8.55. The summed E-state index contributed by atoms with van der Waals surface area (Å²) in [6.45, 7) is -0.0164. The predicted molar refractivity (Wildman–Crippen MR) is 109 cm³/mol. The Hall–Kier alpha value is -3.31. The van der Waals surface area contributed by atoms with Gasteiger partial charge in [-0.05, 0) is 52.6 Å². The smallest absolute Gasteiger partial charge is 0.344 e. The molecule has 0 fully saturated rings. The number of oxime groups is 1. The van der Waals surface area contributed by atoms with Gasteiger partial charge in [0.05, 0.1) is 6.21 Å². The van der Waals surface area contributed by atoms with E-state index in [0.29, 0.717) is 11.6 Å². The molecule has 3 aromatic carbocycles. The number of nitrogens with zero attached hydrogens (tertiary/aromatic N) is 1. The molecule has 0 atom stereocenters. The molecule has 0 spiro atoms. The molecule has 0 saturated carbocycles. The number of aliphatic carboxylic acids is 1. The van der Waals surface area contributed by atoms with Gasteiger partial charge in [0.2, 0.25) is 6.61 Å². The number of hydrogen-bond acceptors (Lipinski definition) is 4. The van der Waals surface area contributed by atoms with Crippen molar-refractivity contribution in [3.8, 4) is 16.9 Å². The van der Waals surface area contributed by atoms with Crippen LogP contribution in [0, 0.1) is 0 Å². The summed E-state index contributed by atoms with van der Waals surface area (Å²) < 4.78 is 5.88. The highest BCUT2D eigenvalue weighted by molar-refractivity contribution is 6.30. The van der Waals surface area contributed by atoms with Crippen molar-refractivity contribution < 1.29 is 19.5 Å². The Morgan fingerprint density at radius 1 is 1.00 bits per heavy atom. The number of carbonyl (C=O) groups is 1. The van der Waals surface area contributed by atoms with Crippen molar-refractivity contribution in [3.05, 3.63) is 88.9 Å². The summed E-state index contributed by atoms with van der Waals surface area (Å²) in [4.78, 5) is 15.1. The number of benzene rings is 3. The summed E-state index contributed by atoms with van der Waals surface area (Å²) in [6.07, 6.45) is 1.48. The Kier molecular flexibility index (Phi) is 6.65. The number of hydrogen-bond donors (Lipinski definition) is 1. The van der Waals surface area contributed by atoms with Crippen molar-refractivity contribution >= 4 is 23.8 Å². The standard InChI is InChI=1S/C22H18ClNO4/c23-20-9-7-16(8-10-20)14-27-21-6-2-5-19(12-21)18-4-1-3-17(11-18)13-24-28-15-22(25)26/h1-13H,14-15H2,(H,25,26)/b24-13+. The Bertz CT molecular complexity index is 970. The third-order valence-electron chi connectivity index (χ3n) is 3.84. The van der Waals surface area contributed by atoms with Crippen molar-refractivity contribution in [2.75, 3.05) is 6.61 Å². The summed E-state index contributed by atoms with van der Waals surface area (Å²) >= 11 is 5.90. The molecule has 0 amide bonds. The van der Waals surface area contributed by atoms with Crippen LogP contribution in [-0.2, 0) is 16.2 Å². The average molecular weight is 396 g/mol. The van der Waals surface area contributed by atoms with Crippen molar-refractivity contribution in [1.82, 2.24) is 0 Å². The minimum Gasteiger partial charge on any atom is -0.489 e. The monoisotopic (exact) mass is 395 g/mol. The van der Waals surface area contributed by atoms with Crippen molar-refractivity contribution in [2.24, 2.45) is 5.16 Å². The molecule has 3 rings (SSSR count). The third kappa shape index (κ3) is 5.86. The van der Waals surface area contributed by atoms with Crippen LogP contribution >= 0.6 is 11.6 Å². The number of carboxylic acids is 1. The molecule has 142 valence electrons. The first-order chi connectivity index (χ1) is 13.6. The van der Waals surface area contributed by atoms with Gasteiger partial charge in [0.15, 0.2) is 0 Å². The van der Waals surface area contributed by atoms with E-state index in [1.54, 1.807) is 0 Å². The molecule has 28 heavy (non-hydrogen) atoms. The molecule has 0 aliphatic heterocycles. The summed E-state index contributed by atoms with van der Waals surface area (Å²) in [7, 11) is 0. The highest BCUT2D eigenvalue weighted by atomic mass is 35.5. The second-order valence-corrected chi connectivity index (χ2v) is 6.41. The van der Waals surface area contributed by atoms with Crippen LogP contribution in [0.2, 0.25) is 5.02 Å². The van der Waals surface area contributed by atoms with Gasteiger partial charge in [0, 0.05) is 5.02 Å².